The fourth-order valence-corrected chi connectivity index (χ4v) is 1.85. The third kappa shape index (κ3) is 2.60. The number of amides is 3. The Morgan fingerprint density at radius 3 is 2.69 bits per heavy atom. The van der Waals surface area contributed by atoms with Crippen LogP contribution in [0.3, 0.4) is 0 Å². The molecule has 1 saturated heterocycles. The van der Waals surface area contributed by atoms with Gasteiger partial charge in [-0.05, 0) is 14.0 Å². The molecule has 1 heterocycles. The number of hydrogen-bond acceptors (Lipinski definition) is 5. The number of primary amides is 1. The molecule has 0 bridgehead atoms. The number of piperazine rings is 1. The monoisotopic (exact) mass is 230 g/mol. The highest BCUT2D eigenvalue weighted by molar-refractivity contribution is 5.73. The summed E-state index contributed by atoms with van der Waals surface area (Å²) in [5, 5.41) is 2.54. The van der Waals surface area contributed by atoms with Crippen LogP contribution < -0.4 is 17.0 Å². The fraction of sp³-hybridized carbons (Fsp3) is 0.750. The van der Waals surface area contributed by atoms with E-state index in [9.17, 15) is 9.59 Å². The van der Waals surface area contributed by atoms with Crippen molar-refractivity contribution in [3.8, 4) is 0 Å². The number of nitrogens with one attached hydrogen (secondary N) is 1. The lowest BCUT2D eigenvalue weighted by Crippen LogP contribution is -2.69. The van der Waals surface area contributed by atoms with Crippen molar-refractivity contribution < 1.29 is 9.59 Å². The van der Waals surface area contributed by atoms with Gasteiger partial charge in [-0.15, -0.1) is 0 Å². The predicted octanol–water partition coefficient (Wildman–Crippen LogP) is -2.14. The largest absolute Gasteiger partial charge is 0.350 e. The summed E-state index contributed by atoms with van der Waals surface area (Å²) >= 11 is 0. The smallest absolute Gasteiger partial charge is 0.335 e. The lowest BCUT2D eigenvalue weighted by atomic mass is 10.2. The lowest BCUT2D eigenvalue weighted by Gasteiger charge is -2.45. The summed E-state index contributed by atoms with van der Waals surface area (Å²) in [5.74, 6) is 5.85. The number of carbonyl (C=O) groups is 2. The van der Waals surface area contributed by atoms with E-state index in [0.29, 0.717) is 13.0 Å². The maximum Gasteiger partial charge on any atom is 0.335 e. The summed E-state index contributed by atoms with van der Waals surface area (Å²) < 4.78 is 0. The third-order valence-electron chi connectivity index (χ3n) is 2.63. The Bertz CT molecular complexity index is 273. The molecule has 92 valence electrons. The van der Waals surface area contributed by atoms with Gasteiger partial charge >= 0.3 is 6.03 Å². The van der Waals surface area contributed by atoms with E-state index in [0.717, 1.165) is 11.6 Å². The maximum atomic E-state index is 11.2. The number of hydrogen-bond donors (Lipinski definition) is 3. The number of rotatable bonds is 3. The predicted molar refractivity (Wildman–Crippen MR) is 57.4 cm³/mol. The van der Waals surface area contributed by atoms with Crippen molar-refractivity contribution in [3.63, 3.8) is 0 Å². The number of likely N-dealkylation sites (N-methyl/N-ethyl adjacent to an activating group) is 1. The van der Waals surface area contributed by atoms with Gasteiger partial charge in [0.15, 0.2) is 0 Å². The zero-order valence-corrected chi connectivity index (χ0v) is 9.46. The molecule has 1 aliphatic heterocycles. The minimum absolute atomic E-state index is 0.0686. The first-order valence-electron chi connectivity index (χ1n) is 4.97. The molecule has 8 nitrogen and oxygen atoms in total. The van der Waals surface area contributed by atoms with Crippen molar-refractivity contribution in [3.05, 3.63) is 0 Å². The maximum absolute atomic E-state index is 11.2. The molecular weight excluding hydrogens is 212 g/mol. The topological polar surface area (TPSA) is 108 Å². The SMILES string of the molecule is CC1CN(C)CC(N(NC=O)C(N)=O)N1N. The Kier molecular flexibility index (Phi) is 4.05. The van der Waals surface area contributed by atoms with Crippen molar-refractivity contribution in [2.75, 3.05) is 20.1 Å². The van der Waals surface area contributed by atoms with E-state index in [4.69, 9.17) is 11.6 Å². The average Bonchev–Trinajstić information content (AvgIpc) is 2.20. The molecule has 0 radical (unpaired) electrons. The third-order valence-corrected chi connectivity index (χ3v) is 2.63. The van der Waals surface area contributed by atoms with Gasteiger partial charge in [-0.1, -0.05) is 0 Å². The van der Waals surface area contributed by atoms with E-state index in [1.54, 1.807) is 0 Å². The van der Waals surface area contributed by atoms with E-state index in [1.165, 1.54) is 5.01 Å². The second-order valence-electron chi connectivity index (χ2n) is 3.95. The molecule has 0 aromatic carbocycles. The number of nitrogens with two attached hydrogens (primary N) is 2. The summed E-state index contributed by atoms with van der Waals surface area (Å²) in [6.45, 7) is 3.24. The van der Waals surface area contributed by atoms with Crippen LogP contribution in [0.1, 0.15) is 6.92 Å². The number of carbonyl (C=O) groups excluding carboxylic acids is 2. The van der Waals surface area contributed by atoms with Crippen LogP contribution in [0.25, 0.3) is 0 Å². The summed E-state index contributed by atoms with van der Waals surface area (Å²) in [5.41, 5.74) is 7.42. The molecule has 16 heavy (non-hydrogen) atoms. The van der Waals surface area contributed by atoms with Crippen LogP contribution in [0, 0.1) is 0 Å². The first kappa shape index (κ1) is 12.7. The van der Waals surface area contributed by atoms with Crippen LogP contribution in [-0.4, -0.2) is 59.7 Å². The average molecular weight is 230 g/mol. The van der Waals surface area contributed by atoms with Gasteiger partial charge in [0, 0.05) is 19.1 Å². The zero-order valence-electron chi connectivity index (χ0n) is 9.46. The van der Waals surface area contributed by atoms with Crippen molar-refractivity contribution in [1.82, 2.24) is 20.3 Å². The Morgan fingerprint density at radius 1 is 1.56 bits per heavy atom. The molecule has 0 aromatic heterocycles. The van der Waals surface area contributed by atoms with Gasteiger partial charge in [0.2, 0.25) is 6.41 Å². The number of hydrazine groups is 2. The van der Waals surface area contributed by atoms with Crippen molar-refractivity contribution >= 4 is 12.4 Å². The molecule has 1 rings (SSSR count). The Labute approximate surface area is 94.1 Å². The van der Waals surface area contributed by atoms with Gasteiger partial charge in [0.1, 0.15) is 6.17 Å². The molecule has 2 unspecified atom stereocenters. The van der Waals surface area contributed by atoms with Crippen molar-refractivity contribution in [2.24, 2.45) is 11.6 Å². The minimum Gasteiger partial charge on any atom is -0.350 e. The molecule has 1 aliphatic rings. The van der Waals surface area contributed by atoms with Gasteiger partial charge in [-0.2, -0.15) is 0 Å². The molecule has 5 N–H and O–H groups in total. The van der Waals surface area contributed by atoms with Gasteiger partial charge < -0.3 is 10.6 Å². The zero-order chi connectivity index (χ0) is 12.3. The molecule has 0 saturated carbocycles. The van der Waals surface area contributed by atoms with E-state index in [-0.39, 0.29) is 6.04 Å². The number of urea groups is 1. The molecule has 0 aliphatic carbocycles. The molecule has 1 fully saturated rings. The van der Waals surface area contributed by atoms with Crippen molar-refractivity contribution in [2.45, 2.75) is 19.1 Å². The van der Waals surface area contributed by atoms with Gasteiger partial charge in [-0.25, -0.2) is 14.8 Å². The van der Waals surface area contributed by atoms with Crippen LogP contribution in [0.5, 0.6) is 0 Å². The molecular formula is C8H18N6O2. The Balaban J connectivity index is 2.80. The highest BCUT2D eigenvalue weighted by atomic mass is 16.2. The molecule has 0 spiro atoms. The lowest BCUT2D eigenvalue weighted by molar-refractivity contribution is -0.117. The first-order chi connectivity index (χ1) is 7.47. The highest BCUT2D eigenvalue weighted by Gasteiger charge is 2.34. The molecule has 2 atom stereocenters. The molecule has 0 aromatic rings. The second-order valence-corrected chi connectivity index (χ2v) is 3.95. The molecule has 8 heteroatoms. The number of nitrogens with zero attached hydrogens (tertiary/aromatic N) is 3. The highest BCUT2D eigenvalue weighted by Crippen LogP contribution is 2.12. The summed E-state index contributed by atoms with van der Waals surface area (Å²) in [7, 11) is 1.91. The Hall–Kier alpha value is -1.38. The standard InChI is InChI=1S/C8H18N6O2/c1-6-3-12(2)4-7(13(6)10)14(8(9)16)11-5-15/h5-7H,3-4,10H2,1-2H3,(H2,9,16)(H,11,15). The van der Waals surface area contributed by atoms with Crippen LogP contribution in [0.2, 0.25) is 0 Å². The normalized spacial score (nSPS) is 27.4. The second kappa shape index (κ2) is 5.10. The van der Waals surface area contributed by atoms with Gasteiger partial charge in [-0.3, -0.25) is 16.1 Å². The van der Waals surface area contributed by atoms with Crippen LogP contribution in [0.4, 0.5) is 4.79 Å². The van der Waals surface area contributed by atoms with Crippen molar-refractivity contribution in [1.29, 1.82) is 0 Å². The summed E-state index contributed by atoms with van der Waals surface area (Å²) in [6, 6.07) is -0.672. The van der Waals surface area contributed by atoms with E-state index in [1.807, 2.05) is 18.9 Å². The van der Waals surface area contributed by atoms with Crippen LogP contribution in [0.15, 0.2) is 0 Å². The van der Waals surface area contributed by atoms with Gasteiger partial charge in [0.05, 0.1) is 0 Å². The van der Waals surface area contributed by atoms with E-state index >= 15 is 0 Å². The minimum atomic E-state index is -0.741. The van der Waals surface area contributed by atoms with Crippen LogP contribution >= 0.6 is 0 Å². The van der Waals surface area contributed by atoms with Gasteiger partial charge in [0.25, 0.3) is 0 Å². The summed E-state index contributed by atoms with van der Waals surface area (Å²) in [4.78, 5) is 23.6. The first-order valence-corrected chi connectivity index (χ1v) is 4.97. The van der Waals surface area contributed by atoms with E-state index in [2.05, 4.69) is 5.43 Å². The fourth-order valence-electron chi connectivity index (χ4n) is 1.85. The van der Waals surface area contributed by atoms with Crippen LogP contribution in [-0.2, 0) is 4.79 Å². The van der Waals surface area contributed by atoms with E-state index < -0.39 is 12.2 Å². The Morgan fingerprint density at radius 2 is 2.19 bits per heavy atom. The molecule has 3 amide bonds. The quantitative estimate of drug-likeness (QED) is 0.291. The summed E-state index contributed by atoms with van der Waals surface area (Å²) in [6.07, 6.45) is -0.0610.